The van der Waals surface area contributed by atoms with Crippen LogP contribution in [0.2, 0.25) is 5.02 Å². The molecule has 1 aromatic rings. The molecule has 0 bridgehead atoms. The van der Waals surface area contributed by atoms with E-state index in [4.69, 9.17) is 21.4 Å². The lowest BCUT2D eigenvalue weighted by atomic mass is 10.1. The molecule has 0 saturated carbocycles. The zero-order valence-electron chi connectivity index (χ0n) is 8.09. The summed E-state index contributed by atoms with van der Waals surface area (Å²) in [6.45, 7) is 0.705. The van der Waals surface area contributed by atoms with E-state index in [2.05, 4.69) is 5.32 Å². The van der Waals surface area contributed by atoms with Crippen LogP contribution in [0.15, 0.2) is 18.2 Å². The summed E-state index contributed by atoms with van der Waals surface area (Å²) < 4.78 is 5.04. The number of ether oxygens (including phenoxy) is 1. The Morgan fingerprint density at radius 3 is 2.86 bits per heavy atom. The second-order valence-corrected chi connectivity index (χ2v) is 3.27. The van der Waals surface area contributed by atoms with Crippen molar-refractivity contribution in [2.75, 3.05) is 20.4 Å². The third kappa shape index (κ3) is 3.18. The second-order valence-electron chi connectivity index (χ2n) is 2.87. The highest BCUT2D eigenvalue weighted by Gasteiger charge is 2.01. The van der Waals surface area contributed by atoms with Gasteiger partial charge in [-0.1, -0.05) is 17.7 Å². The number of aliphatic hydroxyl groups is 1. The van der Waals surface area contributed by atoms with E-state index in [1.807, 2.05) is 12.1 Å². The first-order chi connectivity index (χ1) is 6.77. The van der Waals surface area contributed by atoms with Crippen LogP contribution in [-0.4, -0.2) is 25.5 Å². The van der Waals surface area contributed by atoms with Crippen LogP contribution in [0.25, 0.3) is 0 Å². The van der Waals surface area contributed by atoms with Gasteiger partial charge in [0.05, 0.1) is 13.8 Å². The van der Waals surface area contributed by atoms with Gasteiger partial charge in [-0.3, -0.25) is 5.32 Å². The molecule has 0 spiro atoms. The van der Waals surface area contributed by atoms with Crippen molar-refractivity contribution < 1.29 is 9.84 Å². The van der Waals surface area contributed by atoms with Crippen LogP contribution >= 0.6 is 11.6 Å². The number of aliphatic hydroxyl groups excluding tert-OH is 1. The van der Waals surface area contributed by atoms with Crippen molar-refractivity contribution in [1.29, 1.82) is 0 Å². The maximum atomic E-state index is 8.53. The van der Waals surface area contributed by atoms with Crippen LogP contribution in [0.5, 0.6) is 5.75 Å². The van der Waals surface area contributed by atoms with E-state index in [0.29, 0.717) is 11.6 Å². The Bertz CT molecular complexity index is 291. The molecule has 0 aliphatic heterocycles. The first-order valence-electron chi connectivity index (χ1n) is 4.42. The van der Waals surface area contributed by atoms with Gasteiger partial charge in [0.2, 0.25) is 0 Å². The molecule has 0 fully saturated rings. The van der Waals surface area contributed by atoms with Crippen molar-refractivity contribution >= 4 is 11.6 Å². The molecule has 0 aliphatic carbocycles. The third-order valence-corrected chi connectivity index (χ3v) is 2.30. The number of rotatable bonds is 5. The van der Waals surface area contributed by atoms with E-state index >= 15 is 0 Å². The summed E-state index contributed by atoms with van der Waals surface area (Å²) >= 11 is 6.02. The average Bonchev–Trinajstić information content (AvgIpc) is 2.20. The Morgan fingerprint density at radius 2 is 2.29 bits per heavy atom. The van der Waals surface area contributed by atoms with Gasteiger partial charge in [0.15, 0.2) is 0 Å². The van der Waals surface area contributed by atoms with E-state index < -0.39 is 0 Å². The Morgan fingerprint density at radius 1 is 1.50 bits per heavy atom. The van der Waals surface area contributed by atoms with Crippen molar-refractivity contribution in [3.63, 3.8) is 0 Å². The Kier molecular flexibility index (Phi) is 4.73. The summed E-state index contributed by atoms with van der Waals surface area (Å²) in [6, 6.07) is 5.59. The molecule has 0 unspecified atom stereocenters. The van der Waals surface area contributed by atoms with Gasteiger partial charge in [-0.25, -0.2) is 0 Å². The highest BCUT2D eigenvalue weighted by atomic mass is 35.5. The van der Waals surface area contributed by atoms with Gasteiger partial charge in [0, 0.05) is 11.6 Å². The lowest BCUT2D eigenvalue weighted by molar-refractivity contribution is 0.262. The molecule has 0 radical (unpaired) electrons. The van der Waals surface area contributed by atoms with Gasteiger partial charge in [-0.2, -0.15) is 0 Å². The van der Waals surface area contributed by atoms with Crippen LogP contribution in [0.4, 0.5) is 0 Å². The lowest BCUT2D eigenvalue weighted by Gasteiger charge is -2.06. The maximum absolute atomic E-state index is 8.53. The van der Waals surface area contributed by atoms with Crippen molar-refractivity contribution in [1.82, 2.24) is 5.32 Å². The highest BCUT2D eigenvalue weighted by Crippen LogP contribution is 2.22. The van der Waals surface area contributed by atoms with E-state index in [1.54, 1.807) is 13.2 Å². The van der Waals surface area contributed by atoms with Crippen LogP contribution < -0.4 is 10.1 Å². The number of hydrogen-bond donors (Lipinski definition) is 2. The van der Waals surface area contributed by atoms with Gasteiger partial charge in [-0.15, -0.1) is 0 Å². The van der Waals surface area contributed by atoms with Crippen molar-refractivity contribution in [2.45, 2.75) is 6.42 Å². The predicted molar refractivity (Wildman–Crippen MR) is 56.8 cm³/mol. The molecule has 2 N–H and O–H groups in total. The Hall–Kier alpha value is -0.770. The molecule has 0 amide bonds. The van der Waals surface area contributed by atoms with Crippen LogP contribution in [0.1, 0.15) is 5.56 Å². The highest BCUT2D eigenvalue weighted by molar-refractivity contribution is 6.31. The van der Waals surface area contributed by atoms with E-state index in [1.165, 1.54) is 0 Å². The summed E-state index contributed by atoms with van der Waals surface area (Å²) in [5.74, 6) is 0.758. The first kappa shape index (κ1) is 11.3. The predicted octanol–water partition coefficient (Wildman–Crippen LogP) is 1.43. The van der Waals surface area contributed by atoms with E-state index in [9.17, 15) is 0 Å². The van der Waals surface area contributed by atoms with Crippen LogP contribution in [0.3, 0.4) is 0 Å². The zero-order valence-corrected chi connectivity index (χ0v) is 8.84. The number of hydrogen-bond acceptors (Lipinski definition) is 3. The summed E-state index contributed by atoms with van der Waals surface area (Å²) in [4.78, 5) is 0. The number of methoxy groups -OCH3 is 1. The maximum Gasteiger partial charge on any atom is 0.120 e. The fraction of sp³-hybridized carbons (Fsp3) is 0.400. The van der Waals surface area contributed by atoms with Crippen molar-refractivity contribution in [3.05, 3.63) is 28.8 Å². The molecule has 0 saturated heterocycles. The Labute approximate surface area is 88.7 Å². The molecule has 1 rings (SSSR count). The summed E-state index contributed by atoms with van der Waals surface area (Å²) in [5, 5.41) is 12.0. The Balaban J connectivity index is 2.59. The minimum Gasteiger partial charge on any atom is -0.497 e. The van der Waals surface area contributed by atoms with Gasteiger partial charge in [0.1, 0.15) is 5.75 Å². The largest absolute Gasteiger partial charge is 0.497 e. The zero-order chi connectivity index (χ0) is 10.4. The van der Waals surface area contributed by atoms with Crippen molar-refractivity contribution in [2.24, 2.45) is 0 Å². The molecule has 0 aromatic heterocycles. The van der Waals surface area contributed by atoms with Gasteiger partial charge < -0.3 is 9.84 Å². The standard InChI is InChI=1S/C10H14ClNO2/c1-14-9-3-2-8(10(11)6-9)4-5-12-7-13/h2-3,6,12-13H,4-5,7H2,1H3. The number of benzene rings is 1. The molecular weight excluding hydrogens is 202 g/mol. The van der Waals surface area contributed by atoms with Gasteiger partial charge in [-0.05, 0) is 24.1 Å². The monoisotopic (exact) mass is 215 g/mol. The molecule has 0 atom stereocenters. The molecule has 4 heteroatoms. The molecule has 1 aromatic carbocycles. The SMILES string of the molecule is COc1ccc(CCNCO)c(Cl)c1. The summed E-state index contributed by atoms with van der Waals surface area (Å²) in [5.41, 5.74) is 1.05. The molecule has 0 aliphatic rings. The van der Waals surface area contributed by atoms with E-state index in [-0.39, 0.29) is 6.73 Å². The normalized spacial score (nSPS) is 10.2. The minimum atomic E-state index is -0.00618. The van der Waals surface area contributed by atoms with Crippen LogP contribution in [0, 0.1) is 0 Å². The molecule has 0 heterocycles. The lowest BCUT2D eigenvalue weighted by Crippen LogP contribution is -2.17. The smallest absolute Gasteiger partial charge is 0.120 e. The molecule has 3 nitrogen and oxygen atoms in total. The second kappa shape index (κ2) is 5.86. The molecule has 14 heavy (non-hydrogen) atoms. The fourth-order valence-corrected chi connectivity index (χ4v) is 1.42. The quantitative estimate of drug-likeness (QED) is 0.577. The molecule has 78 valence electrons. The van der Waals surface area contributed by atoms with Gasteiger partial charge in [0.25, 0.3) is 0 Å². The topological polar surface area (TPSA) is 41.5 Å². The summed E-state index contributed by atoms with van der Waals surface area (Å²) in [6.07, 6.45) is 0.795. The van der Waals surface area contributed by atoms with E-state index in [0.717, 1.165) is 17.7 Å². The van der Waals surface area contributed by atoms with Crippen LogP contribution in [-0.2, 0) is 6.42 Å². The minimum absolute atomic E-state index is 0.00618. The number of halogens is 1. The fourth-order valence-electron chi connectivity index (χ4n) is 1.16. The number of nitrogens with one attached hydrogen (secondary N) is 1. The average molecular weight is 216 g/mol. The molecular formula is C10H14ClNO2. The van der Waals surface area contributed by atoms with Crippen molar-refractivity contribution in [3.8, 4) is 5.75 Å². The first-order valence-corrected chi connectivity index (χ1v) is 4.79. The third-order valence-electron chi connectivity index (χ3n) is 1.94. The van der Waals surface area contributed by atoms with Gasteiger partial charge >= 0.3 is 0 Å². The summed E-state index contributed by atoms with van der Waals surface area (Å²) in [7, 11) is 1.61.